The molecule has 0 saturated carbocycles. The van der Waals surface area contributed by atoms with E-state index in [1.807, 2.05) is 0 Å². The Hall–Kier alpha value is 0. The minimum absolute atomic E-state index is 0.948. The largest absolute Gasteiger partial charge is 0.0654 e. The van der Waals surface area contributed by atoms with E-state index in [0.717, 1.165) is 17.8 Å². The van der Waals surface area contributed by atoms with Crippen LogP contribution in [0.3, 0.4) is 0 Å². The van der Waals surface area contributed by atoms with Crippen LogP contribution in [0.15, 0.2) is 0 Å². The van der Waals surface area contributed by atoms with Crippen LogP contribution in [0.1, 0.15) is 150 Å². The Bertz CT molecular complexity index is 257. The fourth-order valence-corrected chi connectivity index (χ4v) is 4.24. The molecule has 0 aliphatic carbocycles. The fraction of sp³-hybridized carbons (Fsp3) is 1.00. The molecule has 0 rings (SSSR count). The van der Waals surface area contributed by atoms with E-state index in [1.165, 1.54) is 116 Å². The van der Waals surface area contributed by atoms with E-state index < -0.39 is 0 Å². The molecule has 0 aliphatic heterocycles. The van der Waals surface area contributed by atoms with Crippen molar-refractivity contribution in [3.05, 3.63) is 0 Å². The average molecular weight is 367 g/mol. The fourth-order valence-electron chi connectivity index (χ4n) is 4.24. The van der Waals surface area contributed by atoms with Gasteiger partial charge in [0.1, 0.15) is 0 Å². The Morgan fingerprint density at radius 1 is 0.346 bits per heavy atom. The summed E-state index contributed by atoms with van der Waals surface area (Å²) in [6.07, 6.45) is 26.1. The smallest absolute Gasteiger partial charge is 0.0443 e. The zero-order valence-electron chi connectivity index (χ0n) is 19.5. The van der Waals surface area contributed by atoms with Crippen LogP contribution < -0.4 is 0 Å². The summed E-state index contributed by atoms with van der Waals surface area (Å²) >= 11 is 0. The SMILES string of the molecule is CCCCCCCCCCC(C)CCCC(C)CCCC(C)CCCC. The van der Waals surface area contributed by atoms with Gasteiger partial charge >= 0.3 is 0 Å². The summed E-state index contributed by atoms with van der Waals surface area (Å²) in [5.41, 5.74) is 0. The number of unbranched alkanes of at least 4 members (excludes halogenated alkanes) is 8. The normalized spacial score (nSPS) is 15.1. The Balaban J connectivity index is 3.39. The first kappa shape index (κ1) is 26.0. The van der Waals surface area contributed by atoms with E-state index in [9.17, 15) is 0 Å². The first-order chi connectivity index (χ1) is 12.6. The number of hydrogen-bond donors (Lipinski definition) is 0. The lowest BCUT2D eigenvalue weighted by Crippen LogP contribution is -2.01. The lowest BCUT2D eigenvalue weighted by Gasteiger charge is -2.16. The molecule has 0 aromatic rings. The molecule has 0 fully saturated rings. The van der Waals surface area contributed by atoms with Crippen molar-refractivity contribution >= 4 is 0 Å². The predicted molar refractivity (Wildman–Crippen MR) is 122 cm³/mol. The highest BCUT2D eigenvalue weighted by Crippen LogP contribution is 2.23. The van der Waals surface area contributed by atoms with Crippen LogP contribution in [0.4, 0.5) is 0 Å². The highest BCUT2D eigenvalue weighted by atomic mass is 14.1. The quantitative estimate of drug-likeness (QED) is 0.188. The van der Waals surface area contributed by atoms with E-state index in [1.54, 1.807) is 0 Å². The van der Waals surface area contributed by atoms with Crippen LogP contribution in [-0.2, 0) is 0 Å². The van der Waals surface area contributed by atoms with Gasteiger partial charge in [-0.2, -0.15) is 0 Å². The van der Waals surface area contributed by atoms with Crippen molar-refractivity contribution in [1.29, 1.82) is 0 Å². The van der Waals surface area contributed by atoms with Crippen molar-refractivity contribution in [1.82, 2.24) is 0 Å². The van der Waals surface area contributed by atoms with Crippen molar-refractivity contribution < 1.29 is 0 Å². The maximum absolute atomic E-state index is 2.49. The van der Waals surface area contributed by atoms with Gasteiger partial charge in [-0.1, -0.05) is 150 Å². The Morgan fingerprint density at radius 3 is 1.08 bits per heavy atom. The van der Waals surface area contributed by atoms with E-state index >= 15 is 0 Å². The minimum Gasteiger partial charge on any atom is -0.0654 e. The van der Waals surface area contributed by atoms with Crippen LogP contribution in [0.2, 0.25) is 0 Å². The number of hydrogen-bond acceptors (Lipinski definition) is 0. The Labute approximate surface area is 168 Å². The van der Waals surface area contributed by atoms with Gasteiger partial charge < -0.3 is 0 Å². The van der Waals surface area contributed by atoms with Gasteiger partial charge in [0.2, 0.25) is 0 Å². The van der Waals surface area contributed by atoms with Gasteiger partial charge in [-0.3, -0.25) is 0 Å². The molecule has 158 valence electrons. The molecule has 0 aromatic carbocycles. The van der Waals surface area contributed by atoms with Gasteiger partial charge in [-0.15, -0.1) is 0 Å². The molecule has 26 heavy (non-hydrogen) atoms. The minimum atomic E-state index is 0.948. The van der Waals surface area contributed by atoms with Crippen LogP contribution in [0.5, 0.6) is 0 Å². The topological polar surface area (TPSA) is 0 Å². The summed E-state index contributed by atoms with van der Waals surface area (Å²) in [5, 5.41) is 0. The Morgan fingerprint density at radius 2 is 0.654 bits per heavy atom. The second-order valence-electron chi connectivity index (χ2n) is 9.58. The number of rotatable bonds is 20. The van der Waals surface area contributed by atoms with Crippen molar-refractivity contribution in [2.45, 2.75) is 150 Å². The second-order valence-corrected chi connectivity index (χ2v) is 9.58. The third-order valence-electron chi connectivity index (χ3n) is 6.39. The molecule has 0 bridgehead atoms. The molecule has 0 saturated heterocycles. The molecule has 0 N–H and O–H groups in total. The van der Waals surface area contributed by atoms with Gasteiger partial charge in [-0.25, -0.2) is 0 Å². The highest BCUT2D eigenvalue weighted by Gasteiger charge is 2.07. The zero-order valence-corrected chi connectivity index (χ0v) is 19.5. The molecule has 3 atom stereocenters. The van der Waals surface area contributed by atoms with Crippen molar-refractivity contribution in [2.75, 3.05) is 0 Å². The maximum atomic E-state index is 2.49. The van der Waals surface area contributed by atoms with Crippen molar-refractivity contribution in [3.8, 4) is 0 Å². The maximum Gasteiger partial charge on any atom is -0.0443 e. The molecule has 0 heterocycles. The summed E-state index contributed by atoms with van der Waals surface area (Å²) in [6.45, 7) is 12.0. The van der Waals surface area contributed by atoms with Gasteiger partial charge in [0.15, 0.2) is 0 Å². The summed E-state index contributed by atoms with van der Waals surface area (Å²) in [4.78, 5) is 0. The van der Waals surface area contributed by atoms with E-state index in [-0.39, 0.29) is 0 Å². The highest BCUT2D eigenvalue weighted by molar-refractivity contribution is 4.61. The van der Waals surface area contributed by atoms with Crippen molar-refractivity contribution in [2.24, 2.45) is 17.8 Å². The molecule has 0 amide bonds. The standard InChI is InChI=1S/C26H54/c1-6-8-10-11-12-13-14-15-19-25(4)21-17-23-26(5)22-16-20-24(3)18-9-7-2/h24-26H,6-23H2,1-5H3. The van der Waals surface area contributed by atoms with Gasteiger partial charge in [-0.05, 0) is 17.8 Å². The first-order valence-electron chi connectivity index (χ1n) is 12.6. The van der Waals surface area contributed by atoms with Crippen LogP contribution in [0.25, 0.3) is 0 Å². The van der Waals surface area contributed by atoms with Crippen LogP contribution >= 0.6 is 0 Å². The monoisotopic (exact) mass is 366 g/mol. The van der Waals surface area contributed by atoms with E-state index in [0.29, 0.717) is 0 Å². The molecule has 0 heteroatoms. The molecule has 0 aromatic heterocycles. The molecular formula is C26H54. The summed E-state index contributed by atoms with van der Waals surface area (Å²) in [7, 11) is 0. The van der Waals surface area contributed by atoms with Gasteiger partial charge in [0.05, 0.1) is 0 Å². The Kier molecular flexibility index (Phi) is 19.8. The third kappa shape index (κ3) is 18.8. The first-order valence-corrected chi connectivity index (χ1v) is 12.6. The van der Waals surface area contributed by atoms with E-state index in [4.69, 9.17) is 0 Å². The second kappa shape index (κ2) is 19.8. The lowest BCUT2D eigenvalue weighted by atomic mass is 9.90. The summed E-state index contributed by atoms with van der Waals surface area (Å²) in [6, 6.07) is 0. The summed E-state index contributed by atoms with van der Waals surface area (Å²) < 4.78 is 0. The zero-order chi connectivity index (χ0) is 19.5. The molecular weight excluding hydrogens is 312 g/mol. The predicted octanol–water partition coefficient (Wildman–Crippen LogP) is 9.96. The molecule has 0 aliphatic rings. The molecule has 0 radical (unpaired) electrons. The van der Waals surface area contributed by atoms with Gasteiger partial charge in [0.25, 0.3) is 0 Å². The van der Waals surface area contributed by atoms with Crippen molar-refractivity contribution in [3.63, 3.8) is 0 Å². The van der Waals surface area contributed by atoms with E-state index in [2.05, 4.69) is 34.6 Å². The molecule has 0 spiro atoms. The molecule has 0 nitrogen and oxygen atoms in total. The third-order valence-corrected chi connectivity index (χ3v) is 6.39. The van der Waals surface area contributed by atoms with Crippen LogP contribution in [-0.4, -0.2) is 0 Å². The summed E-state index contributed by atoms with van der Waals surface area (Å²) in [5.74, 6) is 2.86. The average Bonchev–Trinajstić information content (AvgIpc) is 2.62. The lowest BCUT2D eigenvalue weighted by molar-refractivity contribution is 0.375. The van der Waals surface area contributed by atoms with Crippen LogP contribution in [0, 0.1) is 17.8 Å². The molecule has 3 unspecified atom stereocenters. The van der Waals surface area contributed by atoms with Gasteiger partial charge in [0, 0.05) is 0 Å².